The first-order chi connectivity index (χ1) is 5.67. The molecule has 66 valence electrons. The van der Waals surface area contributed by atoms with E-state index in [1.165, 1.54) is 3.58 Å². The van der Waals surface area contributed by atoms with Gasteiger partial charge in [0, 0.05) is 0 Å². The van der Waals surface area contributed by atoms with Gasteiger partial charge in [-0.15, -0.1) is 0 Å². The second-order valence-electron chi connectivity index (χ2n) is 3.68. The summed E-state index contributed by atoms with van der Waals surface area (Å²) in [6.07, 6.45) is 0. The van der Waals surface area contributed by atoms with Crippen molar-refractivity contribution in [2.24, 2.45) is 0 Å². The minimum atomic E-state index is -2.03. The van der Waals surface area contributed by atoms with Crippen molar-refractivity contribution in [3.63, 3.8) is 0 Å². The molecule has 0 unspecified atom stereocenters. The van der Waals surface area contributed by atoms with Gasteiger partial charge in [0.2, 0.25) is 0 Å². The van der Waals surface area contributed by atoms with Gasteiger partial charge in [-0.2, -0.15) is 0 Å². The van der Waals surface area contributed by atoms with E-state index in [0.29, 0.717) is 0 Å². The van der Waals surface area contributed by atoms with Gasteiger partial charge in [-0.05, 0) is 0 Å². The van der Waals surface area contributed by atoms with Gasteiger partial charge in [0.15, 0.2) is 0 Å². The molecule has 1 rings (SSSR count). The molecule has 0 aliphatic carbocycles. The molecule has 0 spiro atoms. The molecule has 0 aliphatic rings. The van der Waals surface area contributed by atoms with Crippen LogP contribution in [0.15, 0.2) is 30.3 Å². The third kappa shape index (κ3) is 2.49. The standard InChI is InChI=1S/C6H5.C2H5O.2CH3.Sn/c1-2-4-6-5-3-1;1-3-2;;;/h1-5H;1H2,2H3;2*1H3;. The molecule has 0 bridgehead atoms. The maximum atomic E-state index is 5.25. The Bertz CT molecular complexity index is 231. The maximum absolute atomic E-state index is 5.25. The quantitative estimate of drug-likeness (QED) is 0.761. The molecule has 2 heteroatoms. The van der Waals surface area contributed by atoms with Gasteiger partial charge in [-0.1, -0.05) is 0 Å². The summed E-state index contributed by atoms with van der Waals surface area (Å²) < 4.78 is 7.76. The van der Waals surface area contributed by atoms with Crippen molar-refractivity contribution in [1.29, 1.82) is 0 Å². The molecule has 0 saturated heterocycles. The molecule has 0 aromatic heterocycles. The molecule has 0 saturated carbocycles. The first-order valence-corrected chi connectivity index (χ1v) is 13.4. The summed E-state index contributed by atoms with van der Waals surface area (Å²) >= 11 is -2.03. The van der Waals surface area contributed by atoms with E-state index in [-0.39, 0.29) is 0 Å². The van der Waals surface area contributed by atoms with Crippen LogP contribution < -0.4 is 3.58 Å². The average Bonchev–Trinajstić information content (AvgIpc) is 2.06. The van der Waals surface area contributed by atoms with Crippen molar-refractivity contribution in [1.82, 2.24) is 0 Å². The Morgan fingerprint density at radius 3 is 2.25 bits per heavy atom. The first kappa shape index (κ1) is 10.1. The molecule has 0 amide bonds. The molecular formula is C10H16OSn. The van der Waals surface area contributed by atoms with Crippen LogP contribution in [0.4, 0.5) is 0 Å². The number of methoxy groups -OCH3 is 1. The topological polar surface area (TPSA) is 9.23 Å². The number of ether oxygens (including phenoxy) is 1. The van der Waals surface area contributed by atoms with Crippen molar-refractivity contribution in [2.45, 2.75) is 9.88 Å². The SMILES string of the molecule is CO[CH2][Sn]([CH3])([CH3])[c]1ccccc1. The third-order valence-electron chi connectivity index (χ3n) is 2.06. The summed E-state index contributed by atoms with van der Waals surface area (Å²) in [5, 5.41) is 0. The molecule has 0 aliphatic heterocycles. The van der Waals surface area contributed by atoms with E-state index in [9.17, 15) is 0 Å². The predicted molar refractivity (Wildman–Crippen MR) is 55.4 cm³/mol. The molecule has 0 heterocycles. The zero-order chi connectivity index (χ0) is 9.03. The zero-order valence-corrected chi connectivity index (χ0v) is 10.9. The Morgan fingerprint density at radius 2 is 1.75 bits per heavy atom. The molecular weight excluding hydrogens is 255 g/mol. The molecule has 1 nitrogen and oxygen atoms in total. The monoisotopic (exact) mass is 272 g/mol. The van der Waals surface area contributed by atoms with Crippen LogP contribution in [-0.4, -0.2) is 30.1 Å². The van der Waals surface area contributed by atoms with Crippen LogP contribution in [0.2, 0.25) is 9.88 Å². The van der Waals surface area contributed by atoms with Gasteiger partial charge in [0.25, 0.3) is 0 Å². The van der Waals surface area contributed by atoms with E-state index in [4.69, 9.17) is 4.74 Å². The third-order valence-corrected chi connectivity index (χ3v) is 10.4. The Hall–Kier alpha value is -0.0213. The van der Waals surface area contributed by atoms with Gasteiger partial charge in [0.05, 0.1) is 0 Å². The fourth-order valence-corrected chi connectivity index (χ4v) is 6.99. The van der Waals surface area contributed by atoms with E-state index in [0.717, 1.165) is 4.62 Å². The van der Waals surface area contributed by atoms with Crippen LogP contribution in [0.25, 0.3) is 0 Å². The Morgan fingerprint density at radius 1 is 1.17 bits per heavy atom. The fourth-order valence-electron chi connectivity index (χ4n) is 1.33. The van der Waals surface area contributed by atoms with Gasteiger partial charge in [0.1, 0.15) is 0 Å². The number of rotatable bonds is 3. The number of hydrogen-bond donors (Lipinski definition) is 0. The summed E-state index contributed by atoms with van der Waals surface area (Å²) in [6.45, 7) is 0. The second-order valence-corrected chi connectivity index (χ2v) is 16.9. The minimum absolute atomic E-state index is 0.971. The summed E-state index contributed by atoms with van der Waals surface area (Å²) in [5.41, 5.74) is 0. The molecule has 0 fully saturated rings. The van der Waals surface area contributed by atoms with Crippen LogP contribution in [0, 0.1) is 0 Å². The fraction of sp³-hybridized carbons (Fsp3) is 0.400. The molecule has 0 atom stereocenters. The molecule has 0 radical (unpaired) electrons. The van der Waals surface area contributed by atoms with E-state index >= 15 is 0 Å². The van der Waals surface area contributed by atoms with Crippen LogP contribution in [0.1, 0.15) is 0 Å². The molecule has 1 aromatic rings. The predicted octanol–water partition coefficient (Wildman–Crippen LogP) is 1.79. The normalized spacial score (nSPS) is 11.6. The average molecular weight is 271 g/mol. The van der Waals surface area contributed by atoms with E-state index < -0.39 is 18.4 Å². The first-order valence-electron chi connectivity index (χ1n) is 4.21. The van der Waals surface area contributed by atoms with Crippen molar-refractivity contribution < 1.29 is 4.74 Å². The van der Waals surface area contributed by atoms with Crippen molar-refractivity contribution >= 4 is 22.0 Å². The Kier molecular flexibility index (Phi) is 3.59. The summed E-state index contributed by atoms with van der Waals surface area (Å²) in [7, 11) is 1.79. The van der Waals surface area contributed by atoms with Crippen LogP contribution >= 0.6 is 0 Å². The van der Waals surface area contributed by atoms with Gasteiger partial charge in [-0.3, -0.25) is 0 Å². The number of benzene rings is 1. The molecule has 12 heavy (non-hydrogen) atoms. The van der Waals surface area contributed by atoms with Gasteiger partial charge in [-0.25, -0.2) is 0 Å². The second kappa shape index (κ2) is 4.28. The van der Waals surface area contributed by atoms with Gasteiger partial charge < -0.3 is 0 Å². The number of hydrogen-bond acceptors (Lipinski definition) is 1. The van der Waals surface area contributed by atoms with Crippen molar-refractivity contribution in [3.8, 4) is 0 Å². The van der Waals surface area contributed by atoms with E-state index in [2.05, 4.69) is 40.2 Å². The van der Waals surface area contributed by atoms with Crippen LogP contribution in [0.5, 0.6) is 0 Å². The van der Waals surface area contributed by atoms with Crippen molar-refractivity contribution in [2.75, 3.05) is 11.7 Å². The summed E-state index contributed by atoms with van der Waals surface area (Å²) in [4.78, 5) is 4.79. The Balaban J connectivity index is 2.82. The zero-order valence-electron chi connectivity index (χ0n) is 8.00. The van der Waals surface area contributed by atoms with Gasteiger partial charge >= 0.3 is 78.6 Å². The van der Waals surface area contributed by atoms with E-state index in [1.54, 1.807) is 7.11 Å². The van der Waals surface area contributed by atoms with Crippen LogP contribution in [-0.2, 0) is 4.74 Å². The van der Waals surface area contributed by atoms with Crippen LogP contribution in [0.3, 0.4) is 0 Å². The molecule has 1 aromatic carbocycles. The molecule has 0 N–H and O–H groups in total. The Labute approximate surface area is 78.6 Å². The van der Waals surface area contributed by atoms with Crippen molar-refractivity contribution in [3.05, 3.63) is 30.3 Å². The summed E-state index contributed by atoms with van der Waals surface area (Å²) in [5.74, 6) is 0. The van der Waals surface area contributed by atoms with E-state index in [1.807, 2.05) is 0 Å². The summed E-state index contributed by atoms with van der Waals surface area (Å²) in [6, 6.07) is 10.8.